The third-order valence-electron chi connectivity index (χ3n) is 2.40. The highest BCUT2D eigenvalue weighted by Gasteiger charge is 2.05. The monoisotopic (exact) mass is 277 g/mol. The predicted molar refractivity (Wildman–Crippen MR) is 78.9 cm³/mol. The number of anilines is 1. The topological polar surface area (TPSA) is 47.0 Å². The standard InChI is InChI=1S/C14H19N3OS/c1-9(2)18-13-7-10(3)16-14(17-13)15-8-12-6-5-11(4)19-12/h5-7,9H,8H2,1-4H3,(H,15,16,17). The lowest BCUT2D eigenvalue weighted by Crippen LogP contribution is -2.10. The van der Waals surface area contributed by atoms with Crippen molar-refractivity contribution in [3.8, 4) is 5.88 Å². The lowest BCUT2D eigenvalue weighted by atomic mass is 10.4. The largest absolute Gasteiger partial charge is 0.475 e. The van der Waals surface area contributed by atoms with E-state index >= 15 is 0 Å². The van der Waals surface area contributed by atoms with Gasteiger partial charge in [0, 0.05) is 21.5 Å². The second-order valence-corrected chi connectivity index (χ2v) is 6.08. The fourth-order valence-electron chi connectivity index (χ4n) is 1.67. The van der Waals surface area contributed by atoms with E-state index in [0.29, 0.717) is 11.8 Å². The van der Waals surface area contributed by atoms with Crippen molar-refractivity contribution >= 4 is 17.3 Å². The second kappa shape index (κ2) is 6.02. The van der Waals surface area contributed by atoms with E-state index in [0.717, 1.165) is 12.2 Å². The normalized spacial score (nSPS) is 10.8. The number of hydrogen-bond acceptors (Lipinski definition) is 5. The van der Waals surface area contributed by atoms with Gasteiger partial charge in [0.1, 0.15) is 0 Å². The van der Waals surface area contributed by atoms with Gasteiger partial charge in [-0.1, -0.05) is 0 Å². The maximum Gasteiger partial charge on any atom is 0.226 e. The van der Waals surface area contributed by atoms with E-state index < -0.39 is 0 Å². The van der Waals surface area contributed by atoms with Crippen LogP contribution in [0.25, 0.3) is 0 Å². The van der Waals surface area contributed by atoms with Crippen molar-refractivity contribution in [1.82, 2.24) is 9.97 Å². The molecule has 0 amide bonds. The molecule has 0 spiro atoms. The molecule has 0 bridgehead atoms. The predicted octanol–water partition coefficient (Wildman–Crippen LogP) is 3.55. The first-order valence-corrected chi connectivity index (χ1v) is 7.16. The first kappa shape index (κ1) is 13.8. The van der Waals surface area contributed by atoms with Crippen LogP contribution in [0.15, 0.2) is 18.2 Å². The van der Waals surface area contributed by atoms with Gasteiger partial charge in [0.05, 0.1) is 12.6 Å². The van der Waals surface area contributed by atoms with Crippen molar-refractivity contribution in [2.24, 2.45) is 0 Å². The lowest BCUT2D eigenvalue weighted by Gasteiger charge is -2.11. The van der Waals surface area contributed by atoms with Gasteiger partial charge < -0.3 is 10.1 Å². The van der Waals surface area contributed by atoms with Crippen LogP contribution < -0.4 is 10.1 Å². The number of thiophene rings is 1. The minimum atomic E-state index is 0.113. The Morgan fingerprint density at radius 3 is 2.68 bits per heavy atom. The summed E-state index contributed by atoms with van der Waals surface area (Å²) in [6.45, 7) is 8.75. The van der Waals surface area contributed by atoms with Crippen LogP contribution >= 0.6 is 11.3 Å². The Kier molecular flexibility index (Phi) is 4.37. The molecule has 5 heteroatoms. The Balaban J connectivity index is 2.05. The van der Waals surface area contributed by atoms with Gasteiger partial charge >= 0.3 is 0 Å². The molecule has 0 saturated heterocycles. The van der Waals surface area contributed by atoms with Gasteiger partial charge in [-0.05, 0) is 39.8 Å². The minimum Gasteiger partial charge on any atom is -0.475 e. The van der Waals surface area contributed by atoms with Gasteiger partial charge in [-0.2, -0.15) is 4.98 Å². The molecule has 0 fully saturated rings. The van der Waals surface area contributed by atoms with Gasteiger partial charge in [-0.3, -0.25) is 0 Å². The maximum absolute atomic E-state index is 5.60. The van der Waals surface area contributed by atoms with Crippen molar-refractivity contribution in [2.45, 2.75) is 40.3 Å². The molecule has 0 atom stereocenters. The van der Waals surface area contributed by atoms with Crippen molar-refractivity contribution in [3.05, 3.63) is 33.6 Å². The summed E-state index contributed by atoms with van der Waals surface area (Å²) in [5.41, 5.74) is 0.899. The van der Waals surface area contributed by atoms with Crippen molar-refractivity contribution in [2.75, 3.05) is 5.32 Å². The van der Waals surface area contributed by atoms with Gasteiger partial charge in [0.25, 0.3) is 0 Å². The van der Waals surface area contributed by atoms with Crippen molar-refractivity contribution < 1.29 is 4.74 Å². The van der Waals surface area contributed by atoms with Crippen LogP contribution in [0.5, 0.6) is 5.88 Å². The summed E-state index contributed by atoms with van der Waals surface area (Å²) < 4.78 is 5.60. The molecular formula is C14H19N3OS. The zero-order chi connectivity index (χ0) is 13.8. The number of rotatable bonds is 5. The third kappa shape index (κ3) is 4.21. The highest BCUT2D eigenvalue weighted by atomic mass is 32.1. The summed E-state index contributed by atoms with van der Waals surface area (Å²) in [4.78, 5) is 11.3. The van der Waals surface area contributed by atoms with E-state index in [9.17, 15) is 0 Å². The highest BCUT2D eigenvalue weighted by molar-refractivity contribution is 7.11. The van der Waals surface area contributed by atoms with Crippen LogP contribution in [0.2, 0.25) is 0 Å². The number of hydrogen-bond donors (Lipinski definition) is 1. The third-order valence-corrected chi connectivity index (χ3v) is 3.40. The molecule has 2 aromatic rings. The molecule has 0 aliphatic rings. The van der Waals surface area contributed by atoms with E-state index in [1.54, 1.807) is 11.3 Å². The first-order valence-electron chi connectivity index (χ1n) is 6.34. The van der Waals surface area contributed by atoms with Crippen LogP contribution in [-0.4, -0.2) is 16.1 Å². The molecule has 2 rings (SSSR count). The first-order chi connectivity index (χ1) is 9.02. The quantitative estimate of drug-likeness (QED) is 0.908. The molecule has 0 unspecified atom stereocenters. The molecule has 2 aromatic heterocycles. The van der Waals surface area contributed by atoms with Crippen molar-refractivity contribution in [3.63, 3.8) is 0 Å². The Bertz CT molecular complexity index is 551. The number of ether oxygens (including phenoxy) is 1. The summed E-state index contributed by atoms with van der Waals surface area (Å²) >= 11 is 1.78. The lowest BCUT2D eigenvalue weighted by molar-refractivity contribution is 0.232. The molecule has 0 radical (unpaired) electrons. The maximum atomic E-state index is 5.60. The SMILES string of the molecule is Cc1cc(OC(C)C)nc(NCc2ccc(C)s2)n1. The Hall–Kier alpha value is -1.62. The van der Waals surface area contributed by atoms with E-state index in [2.05, 4.69) is 34.3 Å². The smallest absolute Gasteiger partial charge is 0.226 e. The molecule has 102 valence electrons. The van der Waals surface area contributed by atoms with Gasteiger partial charge in [0.2, 0.25) is 11.8 Å². The molecule has 4 nitrogen and oxygen atoms in total. The number of aryl methyl sites for hydroxylation is 2. The molecule has 0 aliphatic carbocycles. The average molecular weight is 277 g/mol. The highest BCUT2D eigenvalue weighted by Crippen LogP contribution is 2.17. The molecule has 19 heavy (non-hydrogen) atoms. The Morgan fingerprint density at radius 1 is 1.26 bits per heavy atom. The van der Waals surface area contributed by atoms with Crippen LogP contribution in [0, 0.1) is 13.8 Å². The fourth-order valence-corrected chi connectivity index (χ4v) is 2.50. The molecule has 0 saturated carbocycles. The van der Waals surface area contributed by atoms with Gasteiger partial charge in [-0.15, -0.1) is 11.3 Å². The van der Waals surface area contributed by atoms with E-state index in [1.807, 2.05) is 26.8 Å². The average Bonchev–Trinajstić information content (AvgIpc) is 2.71. The minimum absolute atomic E-state index is 0.113. The van der Waals surface area contributed by atoms with Crippen LogP contribution in [0.1, 0.15) is 29.3 Å². The van der Waals surface area contributed by atoms with E-state index in [1.165, 1.54) is 9.75 Å². The summed E-state index contributed by atoms with van der Waals surface area (Å²) in [6, 6.07) is 6.08. The van der Waals surface area contributed by atoms with Gasteiger partial charge in [0.15, 0.2) is 0 Å². The molecular weight excluding hydrogens is 258 g/mol. The zero-order valence-electron chi connectivity index (χ0n) is 11.7. The fraction of sp³-hybridized carbons (Fsp3) is 0.429. The van der Waals surface area contributed by atoms with Crippen LogP contribution in [-0.2, 0) is 6.54 Å². The Morgan fingerprint density at radius 2 is 2.05 bits per heavy atom. The number of nitrogens with zero attached hydrogens (tertiary/aromatic N) is 2. The molecule has 0 aliphatic heterocycles. The molecule has 0 aromatic carbocycles. The Labute approximate surface area is 117 Å². The van der Waals surface area contributed by atoms with E-state index in [-0.39, 0.29) is 6.10 Å². The zero-order valence-corrected chi connectivity index (χ0v) is 12.5. The van der Waals surface area contributed by atoms with Crippen LogP contribution in [0.4, 0.5) is 5.95 Å². The second-order valence-electron chi connectivity index (χ2n) is 4.70. The van der Waals surface area contributed by atoms with E-state index in [4.69, 9.17) is 4.74 Å². The van der Waals surface area contributed by atoms with Gasteiger partial charge in [-0.25, -0.2) is 4.98 Å². The van der Waals surface area contributed by atoms with Crippen LogP contribution in [0.3, 0.4) is 0 Å². The summed E-state index contributed by atoms with van der Waals surface area (Å²) in [5, 5.41) is 3.24. The summed E-state index contributed by atoms with van der Waals surface area (Å²) in [6.07, 6.45) is 0.113. The summed E-state index contributed by atoms with van der Waals surface area (Å²) in [5.74, 6) is 1.23. The molecule has 1 N–H and O–H groups in total. The van der Waals surface area contributed by atoms with Crippen molar-refractivity contribution in [1.29, 1.82) is 0 Å². The molecule has 2 heterocycles. The number of aromatic nitrogens is 2. The summed E-state index contributed by atoms with van der Waals surface area (Å²) in [7, 11) is 0. The number of nitrogens with one attached hydrogen (secondary N) is 1.